The lowest BCUT2D eigenvalue weighted by atomic mass is 9.82. The fourth-order valence-electron chi connectivity index (χ4n) is 2.54. The molecule has 0 aliphatic carbocycles. The number of sulfonamides is 1. The van der Waals surface area contributed by atoms with Gasteiger partial charge in [-0.15, -0.1) is 0 Å². The first-order chi connectivity index (χ1) is 9.29. The molecular formula is C12H20N4O3S. The normalized spacial score (nSPS) is 24.6. The van der Waals surface area contributed by atoms with Crippen molar-refractivity contribution in [3.05, 3.63) is 12.5 Å². The molecule has 0 aromatic carbocycles. The summed E-state index contributed by atoms with van der Waals surface area (Å²) in [6, 6.07) is 0. The van der Waals surface area contributed by atoms with E-state index in [1.165, 1.54) is 16.8 Å². The highest BCUT2D eigenvalue weighted by Gasteiger charge is 2.41. The van der Waals surface area contributed by atoms with Crippen molar-refractivity contribution in [3.63, 3.8) is 0 Å². The molecule has 1 fully saturated rings. The summed E-state index contributed by atoms with van der Waals surface area (Å²) in [6.07, 6.45) is 4.27. The van der Waals surface area contributed by atoms with Crippen LogP contribution in [0.1, 0.15) is 19.8 Å². The molecule has 0 unspecified atom stereocenters. The molecular weight excluding hydrogens is 280 g/mol. The number of imidazole rings is 1. The van der Waals surface area contributed by atoms with Crippen LogP contribution in [0.3, 0.4) is 0 Å². The number of nitrogens with zero attached hydrogens (tertiary/aromatic N) is 3. The minimum Gasteiger partial charge on any atom is -0.359 e. The van der Waals surface area contributed by atoms with E-state index in [0.29, 0.717) is 19.4 Å². The summed E-state index contributed by atoms with van der Waals surface area (Å²) in [6.45, 7) is 2.41. The van der Waals surface area contributed by atoms with Crippen LogP contribution in [0.25, 0.3) is 0 Å². The highest BCUT2D eigenvalue weighted by atomic mass is 32.2. The number of carbonyl (C=O) groups excluding carboxylic acids is 1. The first-order valence-corrected chi connectivity index (χ1v) is 7.94. The number of nitrogens with one attached hydrogen (secondary N) is 1. The Labute approximate surface area is 119 Å². The van der Waals surface area contributed by atoms with Crippen LogP contribution >= 0.6 is 0 Å². The minimum absolute atomic E-state index is 0.0288. The fraction of sp³-hybridized carbons (Fsp3) is 0.667. The zero-order chi connectivity index (χ0) is 15.0. The van der Waals surface area contributed by atoms with Gasteiger partial charge in [-0.2, -0.15) is 4.31 Å². The van der Waals surface area contributed by atoms with Gasteiger partial charge in [0.05, 0.1) is 11.7 Å². The van der Waals surface area contributed by atoms with Gasteiger partial charge in [0.15, 0.2) is 5.03 Å². The number of rotatable bonds is 3. The van der Waals surface area contributed by atoms with E-state index in [1.807, 2.05) is 0 Å². The molecule has 0 spiro atoms. The summed E-state index contributed by atoms with van der Waals surface area (Å²) < 4.78 is 28.0. The molecule has 0 radical (unpaired) electrons. The van der Waals surface area contributed by atoms with Crippen molar-refractivity contribution >= 4 is 15.9 Å². The summed E-state index contributed by atoms with van der Waals surface area (Å²) in [5, 5.41) is 2.64. The summed E-state index contributed by atoms with van der Waals surface area (Å²) in [5.41, 5.74) is -0.686. The van der Waals surface area contributed by atoms with Crippen LogP contribution in [0.5, 0.6) is 0 Å². The molecule has 20 heavy (non-hydrogen) atoms. The maximum Gasteiger partial charge on any atom is 0.262 e. The summed E-state index contributed by atoms with van der Waals surface area (Å²) in [4.78, 5) is 15.9. The van der Waals surface area contributed by atoms with Crippen molar-refractivity contribution in [1.29, 1.82) is 0 Å². The molecule has 2 rings (SSSR count). The SMILES string of the molecule is CNC(=O)[C@@]1(C)CCCN(S(=O)(=O)c2cn(C)cn2)C1. The molecule has 0 bridgehead atoms. The van der Waals surface area contributed by atoms with Crippen molar-refractivity contribution in [2.75, 3.05) is 20.1 Å². The number of hydrogen-bond acceptors (Lipinski definition) is 4. The van der Waals surface area contributed by atoms with Gasteiger partial charge in [-0.3, -0.25) is 4.79 Å². The number of aryl methyl sites for hydroxylation is 1. The van der Waals surface area contributed by atoms with Gasteiger partial charge in [-0.05, 0) is 19.8 Å². The van der Waals surface area contributed by atoms with E-state index in [2.05, 4.69) is 10.3 Å². The second-order valence-corrected chi connectivity index (χ2v) is 7.34. The average molecular weight is 300 g/mol. The summed E-state index contributed by atoms with van der Waals surface area (Å²) in [5.74, 6) is -0.126. The first kappa shape index (κ1) is 15.0. The van der Waals surface area contributed by atoms with Gasteiger partial charge in [0.1, 0.15) is 0 Å². The lowest BCUT2D eigenvalue weighted by Crippen LogP contribution is -2.51. The van der Waals surface area contributed by atoms with Crippen LogP contribution < -0.4 is 5.32 Å². The standard InChI is InChI=1S/C12H20N4O3S/c1-12(11(17)13-2)5-4-6-16(8-12)20(18,19)10-7-15(3)9-14-10/h7,9H,4-6,8H2,1-3H3,(H,13,17)/t12-/m0/s1. The molecule has 0 saturated carbocycles. The maximum atomic E-state index is 12.5. The molecule has 7 nitrogen and oxygen atoms in total. The Balaban J connectivity index is 2.27. The fourth-order valence-corrected chi connectivity index (χ4v) is 4.11. The molecule has 112 valence electrons. The van der Waals surface area contributed by atoms with Crippen molar-refractivity contribution in [2.24, 2.45) is 12.5 Å². The Bertz CT molecular complexity index is 610. The molecule has 8 heteroatoms. The number of hydrogen-bond donors (Lipinski definition) is 1. The van der Waals surface area contributed by atoms with Crippen LogP contribution in [-0.2, 0) is 21.9 Å². The average Bonchev–Trinajstić information content (AvgIpc) is 2.85. The maximum absolute atomic E-state index is 12.5. The second-order valence-electron chi connectivity index (χ2n) is 5.46. The molecule has 1 saturated heterocycles. The summed E-state index contributed by atoms with van der Waals surface area (Å²) in [7, 11) is -0.344. The quantitative estimate of drug-likeness (QED) is 0.848. The lowest BCUT2D eigenvalue weighted by Gasteiger charge is -2.37. The highest BCUT2D eigenvalue weighted by Crippen LogP contribution is 2.32. The zero-order valence-electron chi connectivity index (χ0n) is 12.0. The molecule has 2 heterocycles. The van der Waals surface area contributed by atoms with E-state index < -0.39 is 15.4 Å². The highest BCUT2D eigenvalue weighted by molar-refractivity contribution is 7.89. The van der Waals surface area contributed by atoms with Gasteiger partial charge >= 0.3 is 0 Å². The number of carbonyl (C=O) groups is 1. The molecule has 1 aliphatic rings. The number of amides is 1. The van der Waals surface area contributed by atoms with Crippen molar-refractivity contribution in [1.82, 2.24) is 19.2 Å². The topological polar surface area (TPSA) is 84.3 Å². The Morgan fingerprint density at radius 1 is 1.50 bits per heavy atom. The lowest BCUT2D eigenvalue weighted by molar-refractivity contribution is -0.131. The van der Waals surface area contributed by atoms with Crippen LogP contribution in [0, 0.1) is 5.41 Å². The molecule has 1 atom stereocenters. The Morgan fingerprint density at radius 3 is 2.75 bits per heavy atom. The first-order valence-electron chi connectivity index (χ1n) is 6.50. The summed E-state index contributed by atoms with van der Waals surface area (Å²) >= 11 is 0. The van der Waals surface area contributed by atoms with Crippen LogP contribution in [0.15, 0.2) is 17.6 Å². The second kappa shape index (κ2) is 5.17. The van der Waals surface area contributed by atoms with Crippen molar-refractivity contribution in [3.8, 4) is 0 Å². The smallest absolute Gasteiger partial charge is 0.262 e. The molecule has 1 N–H and O–H groups in total. The van der Waals surface area contributed by atoms with Crippen LogP contribution in [0.4, 0.5) is 0 Å². The van der Waals surface area contributed by atoms with Gasteiger partial charge in [0, 0.05) is 33.4 Å². The monoisotopic (exact) mass is 300 g/mol. The molecule has 1 aromatic rings. The van der Waals surface area contributed by atoms with E-state index >= 15 is 0 Å². The van der Waals surface area contributed by atoms with E-state index in [9.17, 15) is 13.2 Å². The van der Waals surface area contributed by atoms with Gasteiger partial charge in [0.25, 0.3) is 10.0 Å². The van der Waals surface area contributed by atoms with Crippen molar-refractivity contribution in [2.45, 2.75) is 24.8 Å². The van der Waals surface area contributed by atoms with Gasteiger partial charge in [-0.1, -0.05) is 0 Å². The Kier molecular flexibility index (Phi) is 3.88. The van der Waals surface area contributed by atoms with E-state index in [1.54, 1.807) is 25.6 Å². The van der Waals surface area contributed by atoms with Crippen LogP contribution in [0.2, 0.25) is 0 Å². The van der Waals surface area contributed by atoms with Crippen molar-refractivity contribution < 1.29 is 13.2 Å². The van der Waals surface area contributed by atoms with Gasteiger partial charge in [0.2, 0.25) is 5.91 Å². The predicted octanol–water partition coefficient (Wildman–Crippen LogP) is -0.0431. The van der Waals surface area contributed by atoms with Gasteiger partial charge < -0.3 is 9.88 Å². The Morgan fingerprint density at radius 2 is 2.20 bits per heavy atom. The Hall–Kier alpha value is -1.41. The third kappa shape index (κ3) is 2.57. The van der Waals surface area contributed by atoms with E-state index in [4.69, 9.17) is 0 Å². The third-order valence-electron chi connectivity index (χ3n) is 3.72. The molecule has 1 aromatic heterocycles. The minimum atomic E-state index is -3.63. The van der Waals surface area contributed by atoms with E-state index in [0.717, 1.165) is 0 Å². The molecule has 1 amide bonds. The molecule has 1 aliphatic heterocycles. The van der Waals surface area contributed by atoms with Crippen LogP contribution in [-0.4, -0.2) is 48.3 Å². The third-order valence-corrected chi connectivity index (χ3v) is 5.45. The van der Waals surface area contributed by atoms with Gasteiger partial charge in [-0.25, -0.2) is 13.4 Å². The number of aromatic nitrogens is 2. The number of piperidine rings is 1. The zero-order valence-corrected chi connectivity index (χ0v) is 12.8. The predicted molar refractivity (Wildman–Crippen MR) is 73.4 cm³/mol. The van der Waals surface area contributed by atoms with E-state index in [-0.39, 0.29) is 17.5 Å². The largest absolute Gasteiger partial charge is 0.359 e.